The third kappa shape index (κ3) is 4.57. The smallest absolute Gasteiger partial charge is 0.269 e. The highest BCUT2D eigenvalue weighted by Crippen LogP contribution is 2.20. The summed E-state index contributed by atoms with van der Waals surface area (Å²) in [5.74, 6) is -0.0851. The predicted octanol–water partition coefficient (Wildman–Crippen LogP) is 2.16. The number of piperazine rings is 1. The van der Waals surface area contributed by atoms with Gasteiger partial charge in [0.1, 0.15) is 5.69 Å². The molecule has 0 bridgehead atoms. The minimum Gasteiger partial charge on any atom is -0.349 e. The molecular formula is C22H28N4O2. The number of benzene rings is 1. The SMILES string of the molecule is Cc1ccc(C(=O)NC[C@@H]2CN(C)C(=O)[C@H](C)N2Cc2cccc(C)c2)nc1. The number of aryl methyl sites for hydroxylation is 2. The Morgan fingerprint density at radius 3 is 2.68 bits per heavy atom. The van der Waals surface area contributed by atoms with Crippen molar-refractivity contribution in [3.05, 3.63) is 65.0 Å². The van der Waals surface area contributed by atoms with Crippen molar-refractivity contribution in [1.82, 2.24) is 20.1 Å². The fourth-order valence-corrected chi connectivity index (χ4v) is 3.66. The van der Waals surface area contributed by atoms with E-state index < -0.39 is 0 Å². The molecule has 3 rings (SSSR count). The van der Waals surface area contributed by atoms with Crippen LogP contribution in [0.4, 0.5) is 0 Å². The number of amides is 2. The molecule has 0 spiro atoms. The van der Waals surface area contributed by atoms with Crippen LogP contribution in [-0.4, -0.2) is 58.8 Å². The van der Waals surface area contributed by atoms with Crippen LogP contribution in [0.5, 0.6) is 0 Å². The van der Waals surface area contributed by atoms with E-state index in [0.29, 0.717) is 25.3 Å². The van der Waals surface area contributed by atoms with Gasteiger partial charge in [0.15, 0.2) is 0 Å². The van der Waals surface area contributed by atoms with Gasteiger partial charge >= 0.3 is 0 Å². The fourth-order valence-electron chi connectivity index (χ4n) is 3.66. The molecule has 6 nitrogen and oxygen atoms in total. The summed E-state index contributed by atoms with van der Waals surface area (Å²) in [4.78, 5) is 33.1. The van der Waals surface area contributed by atoms with E-state index in [9.17, 15) is 9.59 Å². The number of rotatable bonds is 5. The van der Waals surface area contributed by atoms with Crippen LogP contribution in [-0.2, 0) is 11.3 Å². The molecule has 1 aliphatic rings. The van der Waals surface area contributed by atoms with Crippen molar-refractivity contribution in [2.75, 3.05) is 20.1 Å². The predicted molar refractivity (Wildman–Crippen MR) is 109 cm³/mol. The Morgan fingerprint density at radius 2 is 2.00 bits per heavy atom. The number of hydrogen-bond acceptors (Lipinski definition) is 4. The first kappa shape index (κ1) is 20.0. The molecule has 0 aliphatic carbocycles. The fraction of sp³-hybridized carbons (Fsp3) is 0.409. The number of aromatic nitrogens is 1. The molecule has 6 heteroatoms. The average molecular weight is 380 g/mol. The first-order chi connectivity index (χ1) is 13.3. The Morgan fingerprint density at radius 1 is 1.21 bits per heavy atom. The van der Waals surface area contributed by atoms with Crippen LogP contribution in [0.3, 0.4) is 0 Å². The number of pyridine rings is 1. The molecule has 148 valence electrons. The second-order valence-electron chi connectivity index (χ2n) is 7.64. The highest BCUT2D eigenvalue weighted by atomic mass is 16.2. The maximum Gasteiger partial charge on any atom is 0.269 e. The van der Waals surface area contributed by atoms with Crippen LogP contribution in [0.2, 0.25) is 0 Å². The van der Waals surface area contributed by atoms with Gasteiger partial charge in [-0.15, -0.1) is 0 Å². The Hall–Kier alpha value is -2.73. The van der Waals surface area contributed by atoms with Crippen LogP contribution in [0.1, 0.15) is 34.1 Å². The van der Waals surface area contributed by atoms with Crippen molar-refractivity contribution in [3.63, 3.8) is 0 Å². The molecule has 2 atom stereocenters. The van der Waals surface area contributed by atoms with Gasteiger partial charge in [0, 0.05) is 38.9 Å². The van der Waals surface area contributed by atoms with E-state index in [1.54, 1.807) is 17.2 Å². The average Bonchev–Trinajstić information content (AvgIpc) is 2.67. The van der Waals surface area contributed by atoms with Gasteiger partial charge < -0.3 is 10.2 Å². The van der Waals surface area contributed by atoms with Crippen molar-refractivity contribution < 1.29 is 9.59 Å². The van der Waals surface area contributed by atoms with E-state index in [2.05, 4.69) is 40.3 Å². The van der Waals surface area contributed by atoms with Crippen molar-refractivity contribution in [3.8, 4) is 0 Å². The van der Waals surface area contributed by atoms with Gasteiger partial charge in [-0.05, 0) is 38.0 Å². The van der Waals surface area contributed by atoms with Crippen molar-refractivity contribution in [2.24, 2.45) is 0 Å². The maximum atomic E-state index is 12.5. The third-order valence-corrected chi connectivity index (χ3v) is 5.27. The van der Waals surface area contributed by atoms with Crippen LogP contribution in [0.15, 0.2) is 42.6 Å². The summed E-state index contributed by atoms with van der Waals surface area (Å²) in [6.45, 7) is 7.65. The third-order valence-electron chi connectivity index (χ3n) is 5.27. The van der Waals surface area contributed by atoms with Gasteiger partial charge in [0.05, 0.1) is 6.04 Å². The maximum absolute atomic E-state index is 12.5. The highest BCUT2D eigenvalue weighted by molar-refractivity contribution is 5.92. The van der Waals surface area contributed by atoms with Crippen LogP contribution < -0.4 is 5.32 Å². The molecule has 2 amide bonds. The lowest BCUT2D eigenvalue weighted by Crippen LogP contribution is -2.62. The number of hydrogen-bond donors (Lipinski definition) is 1. The monoisotopic (exact) mass is 380 g/mol. The lowest BCUT2D eigenvalue weighted by Gasteiger charge is -2.44. The molecule has 1 fully saturated rings. The van der Waals surface area contributed by atoms with E-state index in [1.165, 1.54) is 11.1 Å². The number of likely N-dealkylation sites (N-methyl/N-ethyl adjacent to an activating group) is 1. The highest BCUT2D eigenvalue weighted by Gasteiger charge is 2.36. The minimum absolute atomic E-state index is 0.0348. The second-order valence-corrected chi connectivity index (χ2v) is 7.64. The summed E-state index contributed by atoms with van der Waals surface area (Å²) in [6, 6.07) is 11.7. The molecule has 1 aliphatic heterocycles. The van der Waals surface area contributed by atoms with Crippen LogP contribution >= 0.6 is 0 Å². The standard InChI is InChI=1S/C22H28N4O2/c1-15-6-5-7-18(10-15)13-26-17(3)22(28)25(4)14-19(26)12-24-21(27)20-9-8-16(2)11-23-20/h5-11,17,19H,12-14H2,1-4H3,(H,24,27)/t17-,19+/m0/s1. The van der Waals surface area contributed by atoms with Crippen LogP contribution in [0.25, 0.3) is 0 Å². The Kier molecular flexibility index (Phi) is 6.09. The Labute approximate surface area is 166 Å². The summed E-state index contributed by atoms with van der Waals surface area (Å²) in [7, 11) is 1.82. The molecular weight excluding hydrogens is 352 g/mol. The molecule has 0 saturated carbocycles. The van der Waals surface area contributed by atoms with E-state index in [4.69, 9.17) is 0 Å². The lowest BCUT2D eigenvalue weighted by atomic mass is 10.0. The van der Waals surface area contributed by atoms with E-state index in [0.717, 1.165) is 5.56 Å². The minimum atomic E-state index is -0.237. The number of carbonyl (C=O) groups excluding carboxylic acids is 2. The largest absolute Gasteiger partial charge is 0.349 e. The van der Waals surface area contributed by atoms with Gasteiger partial charge in [-0.25, -0.2) is 0 Å². The normalized spacial score (nSPS) is 20.3. The summed E-state index contributed by atoms with van der Waals surface area (Å²) >= 11 is 0. The zero-order valence-corrected chi connectivity index (χ0v) is 17.0. The number of carbonyl (C=O) groups is 2. The lowest BCUT2D eigenvalue weighted by molar-refractivity contribution is -0.142. The molecule has 1 N–H and O–H groups in total. The van der Waals surface area contributed by atoms with E-state index >= 15 is 0 Å². The first-order valence-corrected chi connectivity index (χ1v) is 9.62. The summed E-state index contributed by atoms with van der Waals surface area (Å²) < 4.78 is 0. The van der Waals surface area contributed by atoms with Gasteiger partial charge in [0.2, 0.25) is 5.91 Å². The topological polar surface area (TPSA) is 65.5 Å². The molecule has 1 aromatic carbocycles. The van der Waals surface area contributed by atoms with Crippen molar-refractivity contribution in [2.45, 2.75) is 39.4 Å². The molecule has 1 aromatic heterocycles. The Bertz CT molecular complexity index is 850. The van der Waals surface area contributed by atoms with Crippen molar-refractivity contribution in [1.29, 1.82) is 0 Å². The molecule has 2 aromatic rings. The van der Waals surface area contributed by atoms with Crippen molar-refractivity contribution >= 4 is 11.8 Å². The zero-order valence-electron chi connectivity index (χ0n) is 17.0. The van der Waals surface area contributed by atoms with E-state index in [1.807, 2.05) is 33.0 Å². The zero-order chi connectivity index (χ0) is 20.3. The summed E-state index contributed by atoms with van der Waals surface area (Å²) in [6.07, 6.45) is 1.69. The number of nitrogens with one attached hydrogen (secondary N) is 1. The molecule has 2 heterocycles. The molecule has 0 radical (unpaired) electrons. The number of nitrogens with zero attached hydrogens (tertiary/aromatic N) is 3. The molecule has 1 saturated heterocycles. The van der Waals surface area contributed by atoms with Gasteiger partial charge in [0.25, 0.3) is 5.91 Å². The molecule has 0 unspecified atom stereocenters. The van der Waals surface area contributed by atoms with Gasteiger partial charge in [-0.2, -0.15) is 0 Å². The summed E-state index contributed by atoms with van der Waals surface area (Å²) in [5, 5.41) is 2.99. The molecule has 28 heavy (non-hydrogen) atoms. The van der Waals surface area contributed by atoms with Gasteiger partial charge in [-0.3, -0.25) is 19.5 Å². The van der Waals surface area contributed by atoms with E-state index in [-0.39, 0.29) is 23.9 Å². The van der Waals surface area contributed by atoms with Gasteiger partial charge in [-0.1, -0.05) is 35.9 Å². The van der Waals surface area contributed by atoms with Crippen LogP contribution in [0, 0.1) is 13.8 Å². The summed E-state index contributed by atoms with van der Waals surface area (Å²) in [5.41, 5.74) is 3.79. The quantitative estimate of drug-likeness (QED) is 0.863. The first-order valence-electron chi connectivity index (χ1n) is 9.62. The Balaban J connectivity index is 1.72. The second kappa shape index (κ2) is 8.52.